The molecule has 3 unspecified atom stereocenters. The van der Waals surface area contributed by atoms with Gasteiger partial charge in [-0.1, -0.05) is 25.5 Å². The van der Waals surface area contributed by atoms with E-state index in [0.29, 0.717) is 17.9 Å². The summed E-state index contributed by atoms with van der Waals surface area (Å²) < 4.78 is 0. The third kappa shape index (κ3) is 3.13. The standard InChI is InChI=1S/C18H26N2O/c1-3-10-19-12(2)13-6-4-7-14(11-13)20-18(21)17-15-8-5-9-16(15)17/h4,6-7,11-12,15-17,19H,3,5,8-10H2,1-2H3,(H,20,21). The van der Waals surface area contributed by atoms with Gasteiger partial charge in [-0.2, -0.15) is 0 Å². The number of hydrogen-bond acceptors (Lipinski definition) is 2. The number of benzene rings is 1. The number of carbonyl (C=O) groups excluding carboxylic acids is 1. The van der Waals surface area contributed by atoms with Crippen LogP contribution in [0.4, 0.5) is 5.69 Å². The highest BCUT2D eigenvalue weighted by molar-refractivity contribution is 5.95. The Kier molecular flexibility index (Phi) is 4.29. The topological polar surface area (TPSA) is 41.1 Å². The fourth-order valence-corrected chi connectivity index (χ4v) is 3.80. The minimum absolute atomic E-state index is 0.232. The Hall–Kier alpha value is -1.35. The van der Waals surface area contributed by atoms with Crippen molar-refractivity contribution in [3.63, 3.8) is 0 Å². The van der Waals surface area contributed by atoms with Crippen LogP contribution in [-0.4, -0.2) is 12.5 Å². The summed E-state index contributed by atoms with van der Waals surface area (Å²) in [6, 6.07) is 8.56. The number of carbonyl (C=O) groups is 1. The van der Waals surface area contributed by atoms with Crippen LogP contribution in [0.3, 0.4) is 0 Å². The summed E-state index contributed by atoms with van der Waals surface area (Å²) in [5.74, 6) is 1.88. The smallest absolute Gasteiger partial charge is 0.228 e. The summed E-state index contributed by atoms with van der Waals surface area (Å²) in [5.41, 5.74) is 2.17. The number of hydrogen-bond donors (Lipinski definition) is 2. The third-order valence-electron chi connectivity index (χ3n) is 5.06. The second-order valence-corrected chi connectivity index (χ2v) is 6.57. The monoisotopic (exact) mass is 286 g/mol. The summed E-state index contributed by atoms with van der Waals surface area (Å²) in [6.07, 6.45) is 4.95. The first-order valence-corrected chi connectivity index (χ1v) is 8.35. The summed E-state index contributed by atoms with van der Waals surface area (Å²) in [6.45, 7) is 5.36. The molecule has 2 saturated carbocycles. The van der Waals surface area contributed by atoms with Gasteiger partial charge in [-0.25, -0.2) is 0 Å². The van der Waals surface area contributed by atoms with Crippen molar-refractivity contribution in [1.29, 1.82) is 0 Å². The van der Waals surface area contributed by atoms with E-state index in [4.69, 9.17) is 0 Å². The van der Waals surface area contributed by atoms with Gasteiger partial charge in [0.05, 0.1) is 0 Å². The molecule has 0 saturated heterocycles. The summed E-state index contributed by atoms with van der Waals surface area (Å²) in [5, 5.41) is 6.60. The van der Waals surface area contributed by atoms with Crippen LogP contribution in [-0.2, 0) is 4.79 Å². The Morgan fingerprint density at radius 1 is 1.33 bits per heavy atom. The third-order valence-corrected chi connectivity index (χ3v) is 5.06. The maximum atomic E-state index is 12.3. The lowest BCUT2D eigenvalue weighted by molar-refractivity contribution is -0.118. The SMILES string of the molecule is CCCNC(C)c1cccc(NC(=O)C2C3CCCC32)c1. The molecule has 0 aliphatic heterocycles. The van der Waals surface area contributed by atoms with Gasteiger partial charge in [0.2, 0.25) is 5.91 Å². The van der Waals surface area contributed by atoms with Crippen LogP contribution in [0, 0.1) is 17.8 Å². The van der Waals surface area contributed by atoms with Gasteiger partial charge in [0.15, 0.2) is 0 Å². The number of nitrogens with one attached hydrogen (secondary N) is 2. The summed E-state index contributed by atoms with van der Waals surface area (Å²) in [7, 11) is 0. The average molecular weight is 286 g/mol. The number of amides is 1. The molecule has 3 heteroatoms. The Morgan fingerprint density at radius 2 is 2.10 bits per heavy atom. The Labute approximate surface area is 127 Å². The molecule has 0 heterocycles. The predicted molar refractivity (Wildman–Crippen MR) is 86.1 cm³/mol. The van der Waals surface area contributed by atoms with Crippen LogP contribution in [0.15, 0.2) is 24.3 Å². The van der Waals surface area contributed by atoms with E-state index in [2.05, 4.69) is 36.6 Å². The first-order valence-electron chi connectivity index (χ1n) is 8.35. The average Bonchev–Trinajstić information content (AvgIpc) is 2.98. The highest BCUT2D eigenvalue weighted by Gasteiger charge is 2.56. The summed E-state index contributed by atoms with van der Waals surface area (Å²) >= 11 is 0. The Balaban J connectivity index is 1.59. The van der Waals surface area contributed by atoms with Crippen molar-refractivity contribution in [3.8, 4) is 0 Å². The lowest BCUT2D eigenvalue weighted by Gasteiger charge is -2.15. The second kappa shape index (κ2) is 6.18. The van der Waals surface area contributed by atoms with Crippen molar-refractivity contribution in [3.05, 3.63) is 29.8 Å². The van der Waals surface area contributed by atoms with Gasteiger partial charge in [0.25, 0.3) is 0 Å². The molecular weight excluding hydrogens is 260 g/mol. The van der Waals surface area contributed by atoms with Crippen LogP contribution >= 0.6 is 0 Å². The van der Waals surface area contributed by atoms with E-state index < -0.39 is 0 Å². The number of rotatable bonds is 6. The molecule has 114 valence electrons. The fourth-order valence-electron chi connectivity index (χ4n) is 3.80. The van der Waals surface area contributed by atoms with E-state index in [0.717, 1.165) is 18.7 Å². The number of anilines is 1. The van der Waals surface area contributed by atoms with E-state index in [-0.39, 0.29) is 11.8 Å². The zero-order valence-corrected chi connectivity index (χ0v) is 13.1. The molecule has 0 radical (unpaired) electrons. The van der Waals surface area contributed by atoms with Crippen LogP contribution in [0.2, 0.25) is 0 Å². The van der Waals surface area contributed by atoms with Gasteiger partial charge < -0.3 is 10.6 Å². The van der Waals surface area contributed by atoms with Gasteiger partial charge in [0, 0.05) is 17.6 Å². The number of fused-ring (bicyclic) bond motifs is 1. The van der Waals surface area contributed by atoms with Crippen molar-refractivity contribution in [2.24, 2.45) is 17.8 Å². The zero-order valence-electron chi connectivity index (χ0n) is 13.1. The van der Waals surface area contributed by atoms with Crippen LogP contribution in [0.1, 0.15) is 51.1 Å². The molecule has 3 nitrogen and oxygen atoms in total. The van der Waals surface area contributed by atoms with E-state index in [1.807, 2.05) is 12.1 Å². The molecule has 0 bridgehead atoms. The second-order valence-electron chi connectivity index (χ2n) is 6.57. The molecule has 2 aliphatic carbocycles. The molecule has 2 N–H and O–H groups in total. The van der Waals surface area contributed by atoms with Crippen molar-refractivity contribution >= 4 is 11.6 Å². The lowest BCUT2D eigenvalue weighted by Crippen LogP contribution is -2.20. The molecule has 0 aromatic heterocycles. The van der Waals surface area contributed by atoms with Gasteiger partial charge >= 0.3 is 0 Å². The Morgan fingerprint density at radius 3 is 2.81 bits per heavy atom. The van der Waals surface area contributed by atoms with E-state index in [1.54, 1.807) is 0 Å². The normalized spacial score (nSPS) is 28.0. The first kappa shape index (κ1) is 14.6. The molecule has 3 rings (SSSR count). The lowest BCUT2D eigenvalue weighted by atomic mass is 10.1. The quantitative estimate of drug-likeness (QED) is 0.836. The van der Waals surface area contributed by atoms with E-state index >= 15 is 0 Å². The predicted octanol–water partition coefficient (Wildman–Crippen LogP) is 3.73. The highest BCUT2D eigenvalue weighted by atomic mass is 16.2. The molecule has 21 heavy (non-hydrogen) atoms. The van der Waals surface area contributed by atoms with Gasteiger partial charge in [-0.05, 0) is 62.3 Å². The van der Waals surface area contributed by atoms with Crippen molar-refractivity contribution in [1.82, 2.24) is 5.32 Å². The van der Waals surface area contributed by atoms with Crippen LogP contribution < -0.4 is 10.6 Å². The highest BCUT2D eigenvalue weighted by Crippen LogP contribution is 2.57. The van der Waals surface area contributed by atoms with Crippen molar-refractivity contribution in [2.45, 2.75) is 45.6 Å². The molecule has 2 fully saturated rings. The van der Waals surface area contributed by atoms with Crippen molar-refractivity contribution in [2.75, 3.05) is 11.9 Å². The fraction of sp³-hybridized carbons (Fsp3) is 0.611. The van der Waals surface area contributed by atoms with Gasteiger partial charge in [0.1, 0.15) is 0 Å². The minimum Gasteiger partial charge on any atom is -0.326 e. The molecule has 2 aliphatic rings. The largest absolute Gasteiger partial charge is 0.326 e. The van der Waals surface area contributed by atoms with Crippen LogP contribution in [0.25, 0.3) is 0 Å². The Bertz CT molecular complexity index is 504. The van der Waals surface area contributed by atoms with Crippen molar-refractivity contribution < 1.29 is 4.79 Å². The first-order chi connectivity index (χ1) is 10.2. The minimum atomic E-state index is 0.232. The molecule has 1 aromatic rings. The molecule has 1 aromatic carbocycles. The van der Waals surface area contributed by atoms with Gasteiger partial charge in [-0.3, -0.25) is 4.79 Å². The zero-order chi connectivity index (χ0) is 14.8. The van der Waals surface area contributed by atoms with E-state index in [9.17, 15) is 4.79 Å². The molecule has 0 spiro atoms. The maximum absolute atomic E-state index is 12.3. The van der Waals surface area contributed by atoms with E-state index in [1.165, 1.54) is 24.8 Å². The molecule has 1 amide bonds. The molecular formula is C18H26N2O. The molecule has 3 atom stereocenters. The maximum Gasteiger partial charge on any atom is 0.228 e. The van der Waals surface area contributed by atoms with Gasteiger partial charge in [-0.15, -0.1) is 0 Å². The van der Waals surface area contributed by atoms with Crippen LogP contribution in [0.5, 0.6) is 0 Å². The summed E-state index contributed by atoms with van der Waals surface area (Å²) in [4.78, 5) is 12.3.